The third kappa shape index (κ3) is 4.85. The Bertz CT molecular complexity index is 571. The van der Waals surface area contributed by atoms with Crippen molar-refractivity contribution in [3.8, 4) is 5.75 Å². The number of nitrogens with one attached hydrogen (secondary N) is 1. The number of ether oxygens (including phenoxy) is 2. The Balaban J connectivity index is 2.64. The van der Waals surface area contributed by atoms with Gasteiger partial charge in [-0.05, 0) is 26.0 Å². The summed E-state index contributed by atoms with van der Waals surface area (Å²) >= 11 is 0. The number of carbonyl (C=O) groups excluding carboxylic acids is 2. The monoisotopic (exact) mass is 309 g/mol. The van der Waals surface area contributed by atoms with Gasteiger partial charge in [0, 0.05) is 12.7 Å². The van der Waals surface area contributed by atoms with Crippen LogP contribution in [0.5, 0.6) is 5.75 Å². The minimum atomic E-state index is -1.53. The van der Waals surface area contributed by atoms with Crippen molar-refractivity contribution in [3.63, 3.8) is 0 Å². The summed E-state index contributed by atoms with van der Waals surface area (Å²) in [6.07, 6.45) is 0. The van der Waals surface area contributed by atoms with E-state index in [1.807, 2.05) is 0 Å². The molecular weight excluding hydrogens is 290 g/mol. The van der Waals surface area contributed by atoms with Crippen LogP contribution in [-0.4, -0.2) is 48.6 Å². The number of carboxylic acid groups (broad SMARTS) is 1. The Morgan fingerprint density at radius 1 is 1.32 bits per heavy atom. The van der Waals surface area contributed by atoms with Crippen LogP contribution in [0.3, 0.4) is 0 Å². The van der Waals surface area contributed by atoms with Crippen LogP contribution in [0.15, 0.2) is 24.3 Å². The first-order valence-electron chi connectivity index (χ1n) is 6.55. The van der Waals surface area contributed by atoms with Crippen molar-refractivity contribution in [3.05, 3.63) is 29.8 Å². The average molecular weight is 309 g/mol. The number of Topliss-reactive ketones (excluding diaryl/α,β-unsaturated/α-hetero) is 1. The smallest absolute Gasteiger partial charge is 0.331 e. The van der Waals surface area contributed by atoms with Crippen LogP contribution in [0, 0.1) is 0 Å². The molecule has 120 valence electrons. The fourth-order valence-electron chi connectivity index (χ4n) is 1.74. The van der Waals surface area contributed by atoms with Gasteiger partial charge in [0.15, 0.2) is 17.9 Å². The molecule has 0 aliphatic heterocycles. The molecule has 0 spiro atoms. The predicted octanol–water partition coefficient (Wildman–Crippen LogP) is 0.874. The summed E-state index contributed by atoms with van der Waals surface area (Å²) in [4.78, 5) is 34.2. The topological polar surface area (TPSA) is 102 Å². The van der Waals surface area contributed by atoms with E-state index in [1.165, 1.54) is 27.0 Å². The summed E-state index contributed by atoms with van der Waals surface area (Å²) in [5.74, 6) is -1.57. The summed E-state index contributed by atoms with van der Waals surface area (Å²) in [6.45, 7) is 2.23. The lowest BCUT2D eigenvalue weighted by Gasteiger charge is -2.25. The van der Waals surface area contributed by atoms with E-state index >= 15 is 0 Å². The van der Waals surface area contributed by atoms with Crippen LogP contribution in [0.25, 0.3) is 0 Å². The number of hydrogen-bond donors (Lipinski definition) is 2. The molecular formula is C15H19NO6. The number of hydrogen-bond acceptors (Lipinski definition) is 5. The normalized spacial score (nSPS) is 13.0. The maximum absolute atomic E-state index is 11.8. The van der Waals surface area contributed by atoms with E-state index < -0.39 is 17.4 Å². The van der Waals surface area contributed by atoms with Crippen molar-refractivity contribution >= 4 is 17.7 Å². The first-order valence-corrected chi connectivity index (χ1v) is 6.55. The lowest BCUT2D eigenvalue weighted by Crippen LogP contribution is -2.56. The number of carbonyl (C=O) groups is 3. The first-order chi connectivity index (χ1) is 10.3. The molecule has 0 aliphatic rings. The van der Waals surface area contributed by atoms with Gasteiger partial charge in [0.1, 0.15) is 5.75 Å². The van der Waals surface area contributed by atoms with Gasteiger partial charge in [-0.15, -0.1) is 0 Å². The van der Waals surface area contributed by atoms with Gasteiger partial charge >= 0.3 is 5.97 Å². The van der Waals surface area contributed by atoms with E-state index in [9.17, 15) is 14.4 Å². The molecule has 0 heterocycles. The molecule has 22 heavy (non-hydrogen) atoms. The van der Waals surface area contributed by atoms with E-state index in [2.05, 4.69) is 5.32 Å². The summed E-state index contributed by atoms with van der Waals surface area (Å²) in [6, 6.07) is 6.39. The zero-order valence-electron chi connectivity index (χ0n) is 12.7. The second-order valence-electron chi connectivity index (χ2n) is 4.99. The zero-order chi connectivity index (χ0) is 16.8. The van der Waals surface area contributed by atoms with Crippen LogP contribution in [0.2, 0.25) is 0 Å². The van der Waals surface area contributed by atoms with Crippen LogP contribution in [0.1, 0.15) is 24.2 Å². The Morgan fingerprint density at radius 3 is 2.55 bits per heavy atom. The highest BCUT2D eigenvalue weighted by Crippen LogP contribution is 2.14. The molecule has 1 atom stereocenters. The SMILES string of the molecule is COCC(C)(NC(=O)COc1cccc(C(C)=O)c1)C(=O)O. The van der Waals surface area contributed by atoms with E-state index in [0.29, 0.717) is 11.3 Å². The fraction of sp³-hybridized carbons (Fsp3) is 0.400. The standard InChI is InChI=1S/C15H19NO6/c1-10(17)11-5-4-6-12(7-11)22-8-13(18)16-15(2,9-21-3)14(19)20/h4-7H,8-9H2,1-3H3,(H,16,18)(H,19,20). The van der Waals surface area contributed by atoms with Gasteiger partial charge in [-0.25, -0.2) is 4.79 Å². The van der Waals surface area contributed by atoms with E-state index in [4.69, 9.17) is 14.6 Å². The van der Waals surface area contributed by atoms with Gasteiger partial charge in [-0.1, -0.05) is 12.1 Å². The third-order valence-electron chi connectivity index (χ3n) is 2.93. The molecule has 0 bridgehead atoms. The second-order valence-corrected chi connectivity index (χ2v) is 4.99. The minimum Gasteiger partial charge on any atom is -0.484 e. The van der Waals surface area contributed by atoms with Crippen LogP contribution >= 0.6 is 0 Å². The Hall–Kier alpha value is -2.41. The molecule has 7 nitrogen and oxygen atoms in total. The quantitative estimate of drug-likeness (QED) is 0.691. The highest BCUT2D eigenvalue weighted by Gasteiger charge is 2.35. The van der Waals surface area contributed by atoms with Gasteiger partial charge in [0.05, 0.1) is 6.61 Å². The van der Waals surface area contributed by atoms with Gasteiger partial charge in [-0.2, -0.15) is 0 Å². The fourth-order valence-corrected chi connectivity index (χ4v) is 1.74. The van der Waals surface area contributed by atoms with E-state index in [0.717, 1.165) is 0 Å². The maximum atomic E-state index is 11.8. The van der Waals surface area contributed by atoms with Gasteiger partial charge < -0.3 is 19.9 Å². The lowest BCUT2D eigenvalue weighted by atomic mass is 10.0. The molecule has 0 fully saturated rings. The van der Waals surface area contributed by atoms with Gasteiger partial charge in [-0.3, -0.25) is 9.59 Å². The van der Waals surface area contributed by atoms with Crippen LogP contribution < -0.4 is 10.1 Å². The molecule has 1 unspecified atom stereocenters. The van der Waals surface area contributed by atoms with Crippen molar-refractivity contribution in [2.45, 2.75) is 19.4 Å². The van der Waals surface area contributed by atoms with Crippen LogP contribution in [0.4, 0.5) is 0 Å². The number of methoxy groups -OCH3 is 1. The molecule has 0 aromatic heterocycles. The molecule has 7 heteroatoms. The Kier molecular flexibility index (Phi) is 6.06. The van der Waals surface area contributed by atoms with Crippen molar-refractivity contribution in [2.24, 2.45) is 0 Å². The maximum Gasteiger partial charge on any atom is 0.331 e. The Morgan fingerprint density at radius 2 is 2.00 bits per heavy atom. The van der Waals surface area contributed by atoms with Crippen molar-refractivity contribution in [1.82, 2.24) is 5.32 Å². The number of aliphatic carboxylic acids is 1. The average Bonchev–Trinajstić information content (AvgIpc) is 2.45. The van der Waals surface area contributed by atoms with Crippen LogP contribution in [-0.2, 0) is 14.3 Å². The number of benzene rings is 1. The third-order valence-corrected chi connectivity index (χ3v) is 2.93. The number of ketones is 1. The largest absolute Gasteiger partial charge is 0.484 e. The summed E-state index contributed by atoms with van der Waals surface area (Å²) < 4.78 is 10.1. The highest BCUT2D eigenvalue weighted by atomic mass is 16.5. The molecule has 1 aromatic carbocycles. The van der Waals surface area contributed by atoms with E-state index in [1.54, 1.807) is 18.2 Å². The lowest BCUT2D eigenvalue weighted by molar-refractivity contribution is -0.149. The number of rotatable bonds is 8. The molecule has 0 radical (unpaired) electrons. The number of carboxylic acids is 1. The molecule has 0 saturated heterocycles. The van der Waals surface area contributed by atoms with Crippen molar-refractivity contribution in [2.75, 3.05) is 20.3 Å². The first kappa shape index (κ1) is 17.6. The molecule has 1 rings (SSSR count). The minimum absolute atomic E-state index is 0.117. The van der Waals surface area contributed by atoms with Crippen molar-refractivity contribution < 1.29 is 29.0 Å². The zero-order valence-corrected chi connectivity index (χ0v) is 12.7. The molecule has 0 saturated carbocycles. The summed E-state index contributed by atoms with van der Waals surface area (Å²) in [5, 5.41) is 11.5. The predicted molar refractivity (Wildman–Crippen MR) is 78.0 cm³/mol. The summed E-state index contributed by atoms with van der Waals surface area (Å²) in [7, 11) is 1.34. The van der Waals surface area contributed by atoms with E-state index in [-0.39, 0.29) is 19.0 Å². The molecule has 2 N–H and O–H groups in total. The second kappa shape index (κ2) is 7.56. The van der Waals surface area contributed by atoms with Crippen molar-refractivity contribution in [1.29, 1.82) is 0 Å². The molecule has 1 amide bonds. The number of amides is 1. The Labute approximate surface area is 128 Å². The summed E-state index contributed by atoms with van der Waals surface area (Å²) in [5.41, 5.74) is -1.07. The molecule has 1 aromatic rings. The van der Waals surface area contributed by atoms with Gasteiger partial charge in [0.25, 0.3) is 5.91 Å². The molecule has 0 aliphatic carbocycles. The highest BCUT2D eigenvalue weighted by molar-refractivity contribution is 5.94. The van der Waals surface area contributed by atoms with Gasteiger partial charge in [0.2, 0.25) is 0 Å².